The molecule has 2 aliphatic heterocycles. The molecule has 2 fully saturated rings. The number of allylic oxidation sites excluding steroid dienone is 1. The Morgan fingerprint density at radius 2 is 2.00 bits per heavy atom. The molecule has 24 heavy (non-hydrogen) atoms. The van der Waals surface area contributed by atoms with Crippen LogP contribution in [0.25, 0.3) is 0 Å². The summed E-state index contributed by atoms with van der Waals surface area (Å²) in [5, 5.41) is 2.88. The number of piperazine rings is 1. The molecule has 1 aliphatic carbocycles. The number of hydrogen-bond donors (Lipinski definition) is 1. The largest absolute Gasteiger partial charge is 0.334 e. The van der Waals surface area contributed by atoms with E-state index >= 15 is 0 Å². The second kappa shape index (κ2) is 7.87. The highest BCUT2D eigenvalue weighted by molar-refractivity contribution is 7.91. The van der Waals surface area contributed by atoms with Gasteiger partial charge in [-0.05, 0) is 38.5 Å². The number of nitrogens with one attached hydrogen (secondary N) is 1. The fraction of sp³-hybridized carbons (Fsp3) is 0.824. The molecule has 136 valence electrons. The predicted octanol–water partition coefficient (Wildman–Crippen LogP) is 1.39. The van der Waals surface area contributed by atoms with Crippen molar-refractivity contribution in [3.63, 3.8) is 0 Å². The maximum Gasteiger partial charge on any atom is 0.317 e. The van der Waals surface area contributed by atoms with Crippen LogP contribution in [0.4, 0.5) is 4.79 Å². The molecule has 0 aromatic carbocycles. The number of urea groups is 1. The lowest BCUT2D eigenvalue weighted by Gasteiger charge is -2.35. The number of sulfone groups is 1. The molecule has 0 aromatic rings. The van der Waals surface area contributed by atoms with Gasteiger partial charge in [-0.25, -0.2) is 13.2 Å². The van der Waals surface area contributed by atoms with Crippen LogP contribution in [0.5, 0.6) is 0 Å². The van der Waals surface area contributed by atoms with Crippen molar-refractivity contribution in [3.8, 4) is 0 Å². The first-order valence-electron chi connectivity index (χ1n) is 9.18. The van der Waals surface area contributed by atoms with Crippen LogP contribution in [-0.4, -0.2) is 74.5 Å². The lowest BCUT2D eigenvalue weighted by atomic mass is 9.97. The van der Waals surface area contributed by atoms with E-state index in [1.54, 1.807) is 5.57 Å². The molecule has 0 bridgehead atoms. The van der Waals surface area contributed by atoms with Crippen LogP contribution < -0.4 is 5.32 Å². The Morgan fingerprint density at radius 3 is 2.62 bits per heavy atom. The van der Waals surface area contributed by atoms with E-state index in [4.69, 9.17) is 0 Å². The van der Waals surface area contributed by atoms with Crippen molar-refractivity contribution < 1.29 is 13.2 Å². The average molecular weight is 356 g/mol. The Kier molecular flexibility index (Phi) is 5.81. The second-order valence-corrected chi connectivity index (χ2v) is 9.47. The van der Waals surface area contributed by atoms with Crippen molar-refractivity contribution in [2.45, 2.75) is 44.6 Å². The number of amides is 2. The zero-order valence-corrected chi connectivity index (χ0v) is 15.2. The smallest absolute Gasteiger partial charge is 0.317 e. The van der Waals surface area contributed by atoms with Crippen LogP contribution in [0.2, 0.25) is 0 Å². The van der Waals surface area contributed by atoms with E-state index in [0.717, 1.165) is 39.1 Å². The minimum atomic E-state index is -2.95. The van der Waals surface area contributed by atoms with Gasteiger partial charge in [0.1, 0.15) is 0 Å². The lowest BCUT2D eigenvalue weighted by molar-refractivity contribution is 0.138. The maximum absolute atomic E-state index is 12.3. The van der Waals surface area contributed by atoms with Crippen molar-refractivity contribution in [2.75, 3.05) is 44.2 Å². The molecule has 7 heteroatoms. The van der Waals surface area contributed by atoms with Gasteiger partial charge in [0, 0.05) is 38.8 Å². The molecular formula is C17H29N3O3S. The van der Waals surface area contributed by atoms with E-state index in [0.29, 0.717) is 6.42 Å². The molecule has 1 atom stereocenters. The molecule has 2 saturated heterocycles. The third kappa shape index (κ3) is 4.96. The number of carbonyl (C=O) groups is 1. The van der Waals surface area contributed by atoms with Crippen LogP contribution in [0, 0.1) is 0 Å². The summed E-state index contributed by atoms with van der Waals surface area (Å²) >= 11 is 0. The number of nitrogens with zero attached hydrogens (tertiary/aromatic N) is 2. The fourth-order valence-electron chi connectivity index (χ4n) is 3.78. The zero-order chi connectivity index (χ0) is 17.0. The lowest BCUT2D eigenvalue weighted by Crippen LogP contribution is -2.53. The van der Waals surface area contributed by atoms with Crippen LogP contribution in [-0.2, 0) is 9.84 Å². The van der Waals surface area contributed by atoms with Crippen molar-refractivity contribution >= 4 is 15.9 Å². The normalized spacial score (nSPS) is 27.8. The molecule has 6 nitrogen and oxygen atoms in total. The number of rotatable bonds is 4. The summed E-state index contributed by atoms with van der Waals surface area (Å²) in [4.78, 5) is 16.5. The molecule has 1 unspecified atom stereocenters. The summed E-state index contributed by atoms with van der Waals surface area (Å²) in [6, 6.07) is -0.314. The molecule has 0 aromatic heterocycles. The summed E-state index contributed by atoms with van der Waals surface area (Å²) in [5.74, 6) is 0.287. The van der Waals surface area contributed by atoms with Crippen molar-refractivity contribution in [2.24, 2.45) is 0 Å². The van der Waals surface area contributed by atoms with Crippen LogP contribution in [0.3, 0.4) is 0 Å². The van der Waals surface area contributed by atoms with Crippen molar-refractivity contribution in [1.82, 2.24) is 15.1 Å². The van der Waals surface area contributed by atoms with Gasteiger partial charge in [0.15, 0.2) is 9.84 Å². The first-order valence-corrected chi connectivity index (χ1v) is 11.0. The number of carbonyl (C=O) groups excluding carboxylic acids is 1. The van der Waals surface area contributed by atoms with Gasteiger partial charge in [-0.2, -0.15) is 0 Å². The van der Waals surface area contributed by atoms with E-state index in [9.17, 15) is 13.2 Å². The summed E-state index contributed by atoms with van der Waals surface area (Å²) in [6.07, 6.45) is 9.27. The molecule has 0 spiro atoms. The Bertz CT molecular complexity index is 580. The van der Waals surface area contributed by atoms with Gasteiger partial charge in [-0.3, -0.25) is 4.90 Å². The van der Waals surface area contributed by atoms with E-state index in [1.807, 2.05) is 4.90 Å². The molecule has 2 heterocycles. The molecule has 0 saturated carbocycles. The summed E-state index contributed by atoms with van der Waals surface area (Å²) in [5.41, 5.74) is 1.60. The quantitative estimate of drug-likeness (QED) is 0.774. The van der Waals surface area contributed by atoms with E-state index in [2.05, 4.69) is 16.3 Å². The van der Waals surface area contributed by atoms with E-state index < -0.39 is 9.84 Å². The SMILES string of the molecule is O=C(NC1CCS(=O)(=O)C1)N1CCN(CCC2=CCCCC2)CC1. The van der Waals surface area contributed by atoms with Crippen LogP contribution in [0.1, 0.15) is 38.5 Å². The van der Waals surface area contributed by atoms with Gasteiger partial charge in [0.2, 0.25) is 0 Å². The summed E-state index contributed by atoms with van der Waals surface area (Å²) < 4.78 is 22.9. The topological polar surface area (TPSA) is 69.7 Å². The van der Waals surface area contributed by atoms with Gasteiger partial charge in [0.05, 0.1) is 11.5 Å². The monoisotopic (exact) mass is 355 g/mol. The molecule has 3 rings (SSSR count). The molecular weight excluding hydrogens is 326 g/mol. The van der Waals surface area contributed by atoms with E-state index in [1.165, 1.54) is 25.7 Å². The fourth-order valence-corrected chi connectivity index (χ4v) is 5.46. The Balaban J connectivity index is 1.37. The number of hydrogen-bond acceptors (Lipinski definition) is 4. The van der Waals surface area contributed by atoms with Gasteiger partial charge in [-0.15, -0.1) is 0 Å². The molecule has 2 amide bonds. The zero-order valence-electron chi connectivity index (χ0n) is 14.4. The third-order valence-corrected chi connectivity index (χ3v) is 7.12. The highest BCUT2D eigenvalue weighted by atomic mass is 32.2. The van der Waals surface area contributed by atoms with E-state index in [-0.39, 0.29) is 23.6 Å². The van der Waals surface area contributed by atoms with Gasteiger partial charge < -0.3 is 10.2 Å². The first kappa shape index (κ1) is 17.7. The minimum Gasteiger partial charge on any atom is -0.334 e. The van der Waals surface area contributed by atoms with Crippen LogP contribution in [0.15, 0.2) is 11.6 Å². The minimum absolute atomic E-state index is 0.0911. The summed E-state index contributed by atoms with van der Waals surface area (Å²) in [6.45, 7) is 4.35. The highest BCUT2D eigenvalue weighted by Crippen LogP contribution is 2.20. The van der Waals surface area contributed by atoms with Gasteiger partial charge >= 0.3 is 6.03 Å². The Labute approximate surface area is 145 Å². The standard InChI is InChI=1S/C17H29N3O3S/c21-17(18-16-7-13-24(22,23)14-16)20-11-9-19(10-12-20)8-6-15-4-2-1-3-5-15/h4,16H,1-3,5-14H2,(H,18,21). The average Bonchev–Trinajstić information content (AvgIpc) is 2.93. The predicted molar refractivity (Wildman–Crippen MR) is 94.8 cm³/mol. The van der Waals surface area contributed by atoms with Crippen LogP contribution >= 0.6 is 0 Å². The second-order valence-electron chi connectivity index (χ2n) is 7.24. The van der Waals surface area contributed by atoms with Crippen molar-refractivity contribution in [1.29, 1.82) is 0 Å². The van der Waals surface area contributed by atoms with Crippen molar-refractivity contribution in [3.05, 3.63) is 11.6 Å². The van der Waals surface area contributed by atoms with Gasteiger partial charge in [0.25, 0.3) is 0 Å². The first-order chi connectivity index (χ1) is 11.5. The van der Waals surface area contributed by atoms with Gasteiger partial charge in [-0.1, -0.05) is 11.6 Å². The molecule has 1 N–H and O–H groups in total. The third-order valence-electron chi connectivity index (χ3n) is 5.35. The summed E-state index contributed by atoms with van der Waals surface area (Å²) in [7, 11) is -2.95. The molecule has 3 aliphatic rings. The Morgan fingerprint density at radius 1 is 1.21 bits per heavy atom. The molecule has 0 radical (unpaired) electrons. The maximum atomic E-state index is 12.3. The Hall–Kier alpha value is -1.08. The highest BCUT2D eigenvalue weighted by Gasteiger charge is 2.30.